The maximum absolute atomic E-state index is 2.59. The minimum Gasteiger partial charge on any atom is -0.344 e. The molecule has 298 valence electrons. The Balaban J connectivity index is 1.13. The topological polar surface area (TPSA) is 11.4 Å². The van der Waals surface area contributed by atoms with Gasteiger partial charge >= 0.3 is 0 Å². The lowest BCUT2D eigenvalue weighted by Crippen LogP contribution is -2.18. The molecule has 0 amide bonds. The molecule has 0 bridgehead atoms. The van der Waals surface area contributed by atoms with Crippen LogP contribution >= 0.6 is 11.3 Å². The highest BCUT2D eigenvalue weighted by molar-refractivity contribution is 7.26. The molecule has 2 aromatic heterocycles. The van der Waals surface area contributed by atoms with E-state index in [0.717, 1.165) is 17.1 Å². The van der Waals surface area contributed by atoms with Crippen LogP contribution in [0.2, 0.25) is 0 Å². The van der Waals surface area contributed by atoms with Crippen molar-refractivity contribution >= 4 is 98.2 Å². The van der Waals surface area contributed by atoms with Gasteiger partial charge < -0.3 is 14.4 Å². The standard InChI is InChI=1S/C58H45N3S/c1-36-16-12-18-38(32-36)60(39-19-13-17-37(2)33-39)40-30-31-45-47(34-40)58(3,4)48-35-53(41-20-6-7-22-43(41)55(45)48)61(52-28-14-24-44-42-21-9-11-29-54(42)62-57(44)52)51-27-15-26-50-56(51)46-23-8-10-25-49(46)59(50)5/h6-35H,1-5H3. The van der Waals surface area contributed by atoms with Crippen LogP contribution < -0.4 is 9.80 Å². The van der Waals surface area contributed by atoms with Crippen molar-refractivity contribution in [2.75, 3.05) is 9.80 Å². The quantitative estimate of drug-likeness (QED) is 0.166. The molecule has 3 nitrogen and oxygen atoms in total. The lowest BCUT2D eigenvalue weighted by Gasteiger charge is -2.31. The van der Waals surface area contributed by atoms with Crippen LogP contribution in [-0.2, 0) is 12.5 Å². The van der Waals surface area contributed by atoms with Crippen molar-refractivity contribution in [1.82, 2.24) is 4.57 Å². The molecule has 9 aromatic carbocycles. The van der Waals surface area contributed by atoms with E-state index < -0.39 is 0 Å². The predicted octanol–water partition coefficient (Wildman–Crippen LogP) is 16.7. The summed E-state index contributed by atoms with van der Waals surface area (Å²) in [5.74, 6) is 0. The van der Waals surface area contributed by atoms with Gasteiger partial charge in [-0.2, -0.15) is 0 Å². The predicted molar refractivity (Wildman–Crippen MR) is 267 cm³/mol. The summed E-state index contributed by atoms with van der Waals surface area (Å²) in [7, 11) is 2.20. The number of para-hydroxylation sites is 1. The minimum absolute atomic E-state index is 0.301. The van der Waals surface area contributed by atoms with Crippen molar-refractivity contribution in [2.24, 2.45) is 7.05 Å². The van der Waals surface area contributed by atoms with Crippen LogP contribution in [0.1, 0.15) is 36.1 Å². The number of thiophene rings is 1. The number of anilines is 6. The first-order valence-electron chi connectivity index (χ1n) is 21.6. The van der Waals surface area contributed by atoms with E-state index in [4.69, 9.17) is 0 Å². The molecular formula is C58H45N3S. The van der Waals surface area contributed by atoms with Gasteiger partial charge in [-0.25, -0.2) is 0 Å². The third-order valence-corrected chi connectivity index (χ3v) is 14.7. The molecule has 1 aliphatic rings. The average Bonchev–Trinajstić information content (AvgIpc) is 3.89. The Kier molecular flexibility index (Phi) is 8.10. The molecule has 2 heterocycles. The van der Waals surface area contributed by atoms with Gasteiger partial charge in [0.15, 0.2) is 0 Å². The second kappa shape index (κ2) is 13.7. The SMILES string of the molecule is Cc1cccc(N(c2cccc(C)c2)c2ccc3c(c2)C(C)(C)c2cc(N(c4cccc5c4sc4ccccc45)c4cccc5c4c4ccccc4n5C)c4ccccc4c2-3)c1. The van der Waals surface area contributed by atoms with Gasteiger partial charge in [-0.1, -0.05) is 123 Å². The molecule has 0 radical (unpaired) electrons. The fraction of sp³-hybridized carbons (Fsp3) is 0.103. The second-order valence-corrected chi connectivity index (χ2v) is 18.6. The smallest absolute Gasteiger partial charge is 0.0640 e. The van der Waals surface area contributed by atoms with Gasteiger partial charge in [-0.3, -0.25) is 0 Å². The number of aryl methyl sites for hydroxylation is 3. The van der Waals surface area contributed by atoms with Crippen LogP contribution in [0.5, 0.6) is 0 Å². The zero-order valence-corrected chi connectivity index (χ0v) is 36.4. The molecule has 0 saturated carbocycles. The number of fused-ring (bicyclic) bond motifs is 11. The lowest BCUT2D eigenvalue weighted by atomic mass is 9.81. The average molecular weight is 816 g/mol. The van der Waals surface area contributed by atoms with Gasteiger partial charge in [0, 0.05) is 66.7 Å². The van der Waals surface area contributed by atoms with Crippen molar-refractivity contribution in [3.8, 4) is 11.1 Å². The van der Waals surface area contributed by atoms with Gasteiger partial charge in [0.2, 0.25) is 0 Å². The first-order chi connectivity index (χ1) is 30.3. The molecule has 4 heteroatoms. The Hall–Kier alpha value is -7.14. The molecule has 0 fully saturated rings. The molecule has 0 saturated heterocycles. The number of benzene rings is 9. The Morgan fingerprint density at radius 2 is 1.05 bits per heavy atom. The van der Waals surface area contributed by atoms with E-state index in [0.29, 0.717) is 0 Å². The molecule has 11 aromatic rings. The molecule has 12 rings (SSSR count). The van der Waals surface area contributed by atoms with E-state index in [9.17, 15) is 0 Å². The van der Waals surface area contributed by atoms with Crippen molar-refractivity contribution in [1.29, 1.82) is 0 Å². The molecule has 0 atom stereocenters. The molecule has 0 N–H and O–H groups in total. The second-order valence-electron chi connectivity index (χ2n) is 17.6. The van der Waals surface area contributed by atoms with Crippen LogP contribution in [0.25, 0.3) is 63.9 Å². The van der Waals surface area contributed by atoms with Gasteiger partial charge in [-0.05, 0) is 125 Å². The summed E-state index contributed by atoms with van der Waals surface area (Å²) in [6, 6.07) is 67.9. The highest BCUT2D eigenvalue weighted by Crippen LogP contribution is 2.57. The first kappa shape index (κ1) is 36.7. The van der Waals surface area contributed by atoms with Crippen LogP contribution in [0.15, 0.2) is 182 Å². The van der Waals surface area contributed by atoms with E-state index in [-0.39, 0.29) is 5.41 Å². The number of rotatable bonds is 6. The van der Waals surface area contributed by atoms with Gasteiger partial charge in [0.05, 0.1) is 27.3 Å². The Morgan fingerprint density at radius 1 is 0.452 bits per heavy atom. The molecule has 1 aliphatic carbocycles. The minimum atomic E-state index is -0.301. The van der Waals surface area contributed by atoms with E-state index in [1.165, 1.54) is 103 Å². The zero-order chi connectivity index (χ0) is 41.9. The zero-order valence-electron chi connectivity index (χ0n) is 35.6. The van der Waals surface area contributed by atoms with E-state index in [1.807, 2.05) is 11.3 Å². The Labute approximate surface area is 366 Å². The molecule has 0 unspecified atom stereocenters. The maximum atomic E-state index is 2.59. The fourth-order valence-electron chi connectivity index (χ4n) is 10.5. The van der Waals surface area contributed by atoms with Crippen molar-refractivity contribution in [2.45, 2.75) is 33.1 Å². The van der Waals surface area contributed by atoms with E-state index in [2.05, 4.69) is 231 Å². The van der Waals surface area contributed by atoms with Crippen LogP contribution in [0, 0.1) is 13.8 Å². The molecular weight excluding hydrogens is 771 g/mol. The Bertz CT molecular complexity index is 3580. The summed E-state index contributed by atoms with van der Waals surface area (Å²) in [5, 5.41) is 7.60. The summed E-state index contributed by atoms with van der Waals surface area (Å²) in [4.78, 5) is 5.01. The van der Waals surface area contributed by atoms with Crippen LogP contribution in [0.4, 0.5) is 34.1 Å². The van der Waals surface area contributed by atoms with Gasteiger partial charge in [0.1, 0.15) is 0 Å². The fourth-order valence-corrected chi connectivity index (χ4v) is 11.7. The monoisotopic (exact) mass is 815 g/mol. The van der Waals surface area contributed by atoms with Gasteiger partial charge in [-0.15, -0.1) is 11.3 Å². The number of aromatic nitrogens is 1. The van der Waals surface area contributed by atoms with Gasteiger partial charge in [0.25, 0.3) is 0 Å². The summed E-state index contributed by atoms with van der Waals surface area (Å²) < 4.78 is 4.94. The normalized spacial score (nSPS) is 13.0. The van der Waals surface area contributed by atoms with E-state index >= 15 is 0 Å². The molecule has 62 heavy (non-hydrogen) atoms. The van der Waals surface area contributed by atoms with Crippen molar-refractivity contribution < 1.29 is 0 Å². The van der Waals surface area contributed by atoms with E-state index in [1.54, 1.807) is 0 Å². The third kappa shape index (κ3) is 5.36. The number of nitrogens with zero attached hydrogens (tertiary/aromatic N) is 3. The van der Waals surface area contributed by atoms with Crippen LogP contribution in [-0.4, -0.2) is 4.57 Å². The maximum Gasteiger partial charge on any atom is 0.0640 e. The first-order valence-corrected chi connectivity index (χ1v) is 22.4. The van der Waals surface area contributed by atoms with Crippen molar-refractivity contribution in [3.63, 3.8) is 0 Å². The summed E-state index contributed by atoms with van der Waals surface area (Å²) in [5.41, 5.74) is 17.0. The molecule has 0 spiro atoms. The number of hydrogen-bond acceptors (Lipinski definition) is 3. The lowest BCUT2D eigenvalue weighted by molar-refractivity contribution is 0.661. The highest BCUT2D eigenvalue weighted by Gasteiger charge is 2.39. The molecule has 0 aliphatic heterocycles. The third-order valence-electron chi connectivity index (χ3n) is 13.4. The van der Waals surface area contributed by atoms with Crippen LogP contribution in [0.3, 0.4) is 0 Å². The largest absolute Gasteiger partial charge is 0.344 e. The summed E-state index contributed by atoms with van der Waals surface area (Å²) in [6.45, 7) is 9.20. The highest BCUT2D eigenvalue weighted by atomic mass is 32.1. The summed E-state index contributed by atoms with van der Waals surface area (Å²) in [6.07, 6.45) is 0. The number of hydrogen-bond donors (Lipinski definition) is 0. The Morgan fingerprint density at radius 3 is 1.81 bits per heavy atom. The van der Waals surface area contributed by atoms with Crippen molar-refractivity contribution in [3.05, 3.63) is 204 Å². The summed E-state index contributed by atoms with van der Waals surface area (Å²) >= 11 is 1.89.